The number of nitrogens with zero attached hydrogens (tertiary/aromatic N) is 1. The maximum atomic E-state index is 6.02. The van der Waals surface area contributed by atoms with Gasteiger partial charge in [-0.3, -0.25) is 4.98 Å². The van der Waals surface area contributed by atoms with Gasteiger partial charge in [-0.25, -0.2) is 0 Å². The molecule has 17 heavy (non-hydrogen) atoms. The second-order valence-corrected chi connectivity index (χ2v) is 4.29. The van der Waals surface area contributed by atoms with E-state index < -0.39 is 0 Å². The van der Waals surface area contributed by atoms with Crippen molar-refractivity contribution in [2.45, 2.75) is 39.3 Å². The highest BCUT2D eigenvalue weighted by Crippen LogP contribution is 2.17. The number of pyridine rings is 1. The number of aromatic nitrogens is 1. The zero-order valence-corrected chi connectivity index (χ0v) is 10.8. The van der Waals surface area contributed by atoms with Gasteiger partial charge in [-0.15, -0.1) is 0 Å². The van der Waals surface area contributed by atoms with Crippen LogP contribution < -0.4 is 10.5 Å². The van der Waals surface area contributed by atoms with E-state index in [0.717, 1.165) is 17.7 Å². The Balaban J connectivity index is 2.57. The summed E-state index contributed by atoms with van der Waals surface area (Å²) in [6, 6.07) is 1.77. The molecule has 0 bridgehead atoms. The Morgan fingerprint density at radius 3 is 2.76 bits per heavy atom. The SMILES string of the molecule is CCCOc1cncc(C(N)COC(C)C)c1. The molecular formula is C13H22N2O2. The first-order valence-electron chi connectivity index (χ1n) is 6.08. The molecule has 1 unspecified atom stereocenters. The molecule has 0 aromatic carbocycles. The fraction of sp³-hybridized carbons (Fsp3) is 0.615. The zero-order chi connectivity index (χ0) is 12.7. The molecule has 0 fully saturated rings. The molecule has 1 aromatic heterocycles. The van der Waals surface area contributed by atoms with Crippen molar-refractivity contribution in [2.24, 2.45) is 5.73 Å². The van der Waals surface area contributed by atoms with Gasteiger partial charge in [0, 0.05) is 6.20 Å². The Kier molecular flexibility index (Phi) is 5.94. The van der Waals surface area contributed by atoms with Crippen LogP contribution in [0.2, 0.25) is 0 Å². The smallest absolute Gasteiger partial charge is 0.137 e. The third kappa shape index (κ3) is 5.15. The van der Waals surface area contributed by atoms with Crippen LogP contribution in [-0.4, -0.2) is 24.3 Å². The van der Waals surface area contributed by atoms with Gasteiger partial charge in [0.15, 0.2) is 0 Å². The summed E-state index contributed by atoms with van der Waals surface area (Å²) in [4.78, 5) is 4.13. The standard InChI is InChI=1S/C13H22N2O2/c1-4-5-16-12-6-11(7-15-8-12)13(14)9-17-10(2)3/h6-8,10,13H,4-5,9,14H2,1-3H3. The van der Waals surface area contributed by atoms with Crippen LogP contribution in [0.3, 0.4) is 0 Å². The summed E-state index contributed by atoms with van der Waals surface area (Å²) in [6.07, 6.45) is 4.63. The Hall–Kier alpha value is -1.13. The summed E-state index contributed by atoms with van der Waals surface area (Å²) in [5, 5.41) is 0. The van der Waals surface area contributed by atoms with Crippen molar-refractivity contribution in [1.29, 1.82) is 0 Å². The molecule has 96 valence electrons. The minimum absolute atomic E-state index is 0.157. The molecule has 1 rings (SSSR count). The summed E-state index contributed by atoms with van der Waals surface area (Å²) >= 11 is 0. The summed E-state index contributed by atoms with van der Waals surface area (Å²) in [7, 11) is 0. The number of hydrogen-bond acceptors (Lipinski definition) is 4. The van der Waals surface area contributed by atoms with Gasteiger partial charge in [0.1, 0.15) is 5.75 Å². The highest BCUT2D eigenvalue weighted by molar-refractivity contribution is 5.25. The van der Waals surface area contributed by atoms with E-state index in [-0.39, 0.29) is 12.1 Å². The topological polar surface area (TPSA) is 57.4 Å². The summed E-state index contributed by atoms with van der Waals surface area (Å²) in [5.41, 5.74) is 6.96. The van der Waals surface area contributed by atoms with Gasteiger partial charge in [-0.1, -0.05) is 6.92 Å². The van der Waals surface area contributed by atoms with Crippen LogP contribution in [0.15, 0.2) is 18.5 Å². The van der Waals surface area contributed by atoms with Gasteiger partial charge in [0.2, 0.25) is 0 Å². The van der Waals surface area contributed by atoms with E-state index in [1.165, 1.54) is 0 Å². The first-order chi connectivity index (χ1) is 8.13. The average molecular weight is 238 g/mol. The van der Waals surface area contributed by atoms with Gasteiger partial charge < -0.3 is 15.2 Å². The second kappa shape index (κ2) is 7.25. The number of hydrogen-bond donors (Lipinski definition) is 1. The van der Waals surface area contributed by atoms with Gasteiger partial charge >= 0.3 is 0 Å². The third-order valence-electron chi connectivity index (χ3n) is 2.24. The molecule has 0 aliphatic heterocycles. The summed E-state index contributed by atoms with van der Waals surface area (Å²) in [5.74, 6) is 0.768. The first-order valence-corrected chi connectivity index (χ1v) is 6.08. The maximum absolute atomic E-state index is 6.02. The molecule has 0 aliphatic carbocycles. The molecule has 0 spiro atoms. The van der Waals surface area contributed by atoms with E-state index in [0.29, 0.717) is 13.2 Å². The van der Waals surface area contributed by atoms with Crippen LogP contribution in [-0.2, 0) is 4.74 Å². The van der Waals surface area contributed by atoms with Crippen molar-refractivity contribution < 1.29 is 9.47 Å². The quantitative estimate of drug-likeness (QED) is 0.792. The number of rotatable bonds is 7. The molecule has 1 aromatic rings. The van der Waals surface area contributed by atoms with E-state index in [2.05, 4.69) is 11.9 Å². The van der Waals surface area contributed by atoms with E-state index in [1.807, 2.05) is 19.9 Å². The minimum Gasteiger partial charge on any atom is -0.492 e. The van der Waals surface area contributed by atoms with E-state index >= 15 is 0 Å². The Morgan fingerprint density at radius 1 is 1.35 bits per heavy atom. The van der Waals surface area contributed by atoms with Crippen LogP contribution in [0.5, 0.6) is 5.75 Å². The molecule has 2 N–H and O–H groups in total. The van der Waals surface area contributed by atoms with Gasteiger partial charge in [0.25, 0.3) is 0 Å². The average Bonchev–Trinajstić information content (AvgIpc) is 2.33. The lowest BCUT2D eigenvalue weighted by Gasteiger charge is -2.15. The molecule has 0 aliphatic rings. The molecule has 4 nitrogen and oxygen atoms in total. The maximum Gasteiger partial charge on any atom is 0.137 e. The fourth-order valence-corrected chi connectivity index (χ4v) is 1.33. The van der Waals surface area contributed by atoms with Crippen molar-refractivity contribution in [3.05, 3.63) is 24.0 Å². The summed E-state index contributed by atoms with van der Waals surface area (Å²) in [6.45, 7) is 7.25. The third-order valence-corrected chi connectivity index (χ3v) is 2.24. The van der Waals surface area contributed by atoms with Crippen molar-refractivity contribution in [3.63, 3.8) is 0 Å². The monoisotopic (exact) mass is 238 g/mol. The van der Waals surface area contributed by atoms with Gasteiger partial charge in [0.05, 0.1) is 31.6 Å². The lowest BCUT2D eigenvalue weighted by Crippen LogP contribution is -2.19. The van der Waals surface area contributed by atoms with E-state index in [1.54, 1.807) is 12.4 Å². The largest absolute Gasteiger partial charge is 0.492 e. The van der Waals surface area contributed by atoms with Crippen LogP contribution >= 0.6 is 0 Å². The molecule has 1 atom stereocenters. The van der Waals surface area contributed by atoms with Gasteiger partial charge in [-0.05, 0) is 31.9 Å². The van der Waals surface area contributed by atoms with E-state index in [4.69, 9.17) is 15.2 Å². The summed E-state index contributed by atoms with van der Waals surface area (Å²) < 4.78 is 11.0. The van der Waals surface area contributed by atoms with Crippen LogP contribution in [0, 0.1) is 0 Å². The molecular weight excluding hydrogens is 216 g/mol. The highest BCUT2D eigenvalue weighted by atomic mass is 16.5. The highest BCUT2D eigenvalue weighted by Gasteiger charge is 2.09. The molecule has 0 amide bonds. The molecule has 0 radical (unpaired) electrons. The first kappa shape index (κ1) is 13.9. The number of ether oxygens (including phenoxy) is 2. The molecule has 1 heterocycles. The van der Waals surface area contributed by atoms with Crippen molar-refractivity contribution in [1.82, 2.24) is 4.98 Å². The van der Waals surface area contributed by atoms with Crippen molar-refractivity contribution >= 4 is 0 Å². The normalized spacial score (nSPS) is 12.8. The van der Waals surface area contributed by atoms with Crippen molar-refractivity contribution in [2.75, 3.05) is 13.2 Å². The van der Waals surface area contributed by atoms with Crippen LogP contribution in [0.4, 0.5) is 0 Å². The Bertz CT molecular complexity index is 329. The second-order valence-electron chi connectivity index (χ2n) is 4.29. The predicted octanol–water partition coefficient (Wildman–Crippen LogP) is 2.30. The lowest BCUT2D eigenvalue weighted by molar-refractivity contribution is 0.0682. The molecule has 0 saturated carbocycles. The zero-order valence-electron chi connectivity index (χ0n) is 10.8. The number of nitrogens with two attached hydrogens (primary N) is 1. The minimum atomic E-state index is -0.157. The fourth-order valence-electron chi connectivity index (χ4n) is 1.33. The lowest BCUT2D eigenvalue weighted by atomic mass is 10.1. The van der Waals surface area contributed by atoms with Crippen molar-refractivity contribution in [3.8, 4) is 5.75 Å². The Labute approximate surface area is 103 Å². The predicted molar refractivity (Wildman–Crippen MR) is 68.0 cm³/mol. The van der Waals surface area contributed by atoms with E-state index in [9.17, 15) is 0 Å². The van der Waals surface area contributed by atoms with Gasteiger partial charge in [-0.2, -0.15) is 0 Å². The Morgan fingerprint density at radius 2 is 2.12 bits per heavy atom. The molecule has 4 heteroatoms. The van der Waals surface area contributed by atoms with Crippen LogP contribution in [0.1, 0.15) is 38.8 Å². The molecule has 0 saturated heterocycles. The van der Waals surface area contributed by atoms with Crippen LogP contribution in [0.25, 0.3) is 0 Å².